The number of fused-ring (bicyclic) bond motifs is 1. The van der Waals surface area contributed by atoms with Crippen molar-refractivity contribution in [3.63, 3.8) is 0 Å². The Morgan fingerprint density at radius 3 is 2.58 bits per heavy atom. The number of likely N-dealkylation sites (tertiary alicyclic amines) is 1. The highest BCUT2D eigenvalue weighted by Gasteiger charge is 2.30. The van der Waals surface area contributed by atoms with Gasteiger partial charge in [-0.2, -0.15) is 4.98 Å². The van der Waals surface area contributed by atoms with Crippen molar-refractivity contribution < 1.29 is 4.79 Å². The number of aromatic nitrogens is 4. The van der Waals surface area contributed by atoms with Crippen LogP contribution in [0.25, 0.3) is 5.78 Å². The van der Waals surface area contributed by atoms with Gasteiger partial charge in [-0.05, 0) is 38.3 Å². The molecule has 0 radical (unpaired) electrons. The van der Waals surface area contributed by atoms with Gasteiger partial charge < -0.3 is 4.90 Å². The summed E-state index contributed by atoms with van der Waals surface area (Å²) < 4.78 is 1.73. The molecule has 0 aliphatic carbocycles. The van der Waals surface area contributed by atoms with Crippen LogP contribution < -0.4 is 0 Å². The number of hydrogen-bond acceptors (Lipinski definition) is 5. The van der Waals surface area contributed by atoms with Gasteiger partial charge in [0.25, 0.3) is 5.78 Å². The quantitative estimate of drug-likeness (QED) is 0.663. The third kappa shape index (κ3) is 3.31. The van der Waals surface area contributed by atoms with E-state index in [1.54, 1.807) is 4.52 Å². The average molecular weight is 367 g/mol. The Labute approximate surface area is 156 Å². The summed E-state index contributed by atoms with van der Waals surface area (Å²) in [6.07, 6.45) is 2.15. The molecule has 1 amide bonds. The lowest BCUT2D eigenvalue weighted by Crippen LogP contribution is -2.31. The fraction of sp³-hybridized carbons (Fsp3) is 0.368. The summed E-state index contributed by atoms with van der Waals surface area (Å²) in [7, 11) is 0. The van der Waals surface area contributed by atoms with Gasteiger partial charge >= 0.3 is 0 Å². The SMILES string of the molecule is Cc1cc(C)n2nc(S[C@@H](C(=O)N3CCCC3)c3ccccc3)nc2n1. The summed E-state index contributed by atoms with van der Waals surface area (Å²) in [6, 6.07) is 11.9. The zero-order chi connectivity index (χ0) is 18.1. The maximum atomic E-state index is 13.1. The van der Waals surface area contributed by atoms with Crippen molar-refractivity contribution in [2.75, 3.05) is 13.1 Å². The third-order valence-corrected chi connectivity index (χ3v) is 5.66. The second-order valence-electron chi connectivity index (χ2n) is 6.59. The minimum atomic E-state index is -0.340. The van der Waals surface area contributed by atoms with Crippen LogP contribution in [-0.4, -0.2) is 43.5 Å². The van der Waals surface area contributed by atoms with Crippen molar-refractivity contribution >= 4 is 23.4 Å². The third-order valence-electron chi connectivity index (χ3n) is 4.57. The molecule has 26 heavy (non-hydrogen) atoms. The second kappa shape index (κ2) is 7.07. The first-order chi connectivity index (χ1) is 12.6. The Hall–Kier alpha value is -2.41. The molecule has 2 aromatic heterocycles. The molecule has 1 aliphatic rings. The Morgan fingerprint density at radius 2 is 1.85 bits per heavy atom. The van der Waals surface area contributed by atoms with Gasteiger partial charge in [-0.15, -0.1) is 5.10 Å². The largest absolute Gasteiger partial charge is 0.341 e. The van der Waals surface area contributed by atoms with E-state index >= 15 is 0 Å². The zero-order valence-electron chi connectivity index (χ0n) is 14.9. The molecule has 134 valence electrons. The Bertz CT molecular complexity index is 934. The van der Waals surface area contributed by atoms with E-state index in [1.165, 1.54) is 11.8 Å². The van der Waals surface area contributed by atoms with Gasteiger partial charge in [-0.1, -0.05) is 42.1 Å². The summed E-state index contributed by atoms with van der Waals surface area (Å²) in [4.78, 5) is 24.0. The van der Waals surface area contributed by atoms with Crippen LogP contribution in [0.1, 0.15) is 35.0 Å². The molecule has 0 unspecified atom stereocenters. The van der Waals surface area contributed by atoms with E-state index in [2.05, 4.69) is 15.1 Å². The standard InChI is InChI=1S/C19H21N5OS/c1-13-12-14(2)24-18(20-13)21-19(22-24)26-16(15-8-4-3-5-9-15)17(25)23-10-6-7-11-23/h3-5,8-9,12,16H,6-7,10-11H2,1-2H3/t16-/m1/s1. The van der Waals surface area contributed by atoms with Crippen molar-refractivity contribution in [3.05, 3.63) is 53.3 Å². The second-order valence-corrected chi connectivity index (χ2v) is 7.66. The van der Waals surface area contributed by atoms with Crippen molar-refractivity contribution in [2.45, 2.75) is 37.1 Å². The van der Waals surface area contributed by atoms with Crippen LogP contribution in [0.2, 0.25) is 0 Å². The Morgan fingerprint density at radius 1 is 1.12 bits per heavy atom. The Kier molecular flexibility index (Phi) is 4.63. The summed E-state index contributed by atoms with van der Waals surface area (Å²) in [6.45, 7) is 5.59. The number of carbonyl (C=O) groups is 1. The molecule has 1 aliphatic heterocycles. The predicted octanol–water partition coefficient (Wildman–Crippen LogP) is 3.20. The van der Waals surface area contributed by atoms with Gasteiger partial charge in [0, 0.05) is 24.5 Å². The summed E-state index contributed by atoms with van der Waals surface area (Å²) in [5.74, 6) is 0.712. The van der Waals surface area contributed by atoms with Gasteiger partial charge in [-0.25, -0.2) is 9.50 Å². The molecule has 7 heteroatoms. The minimum Gasteiger partial charge on any atom is -0.341 e. The van der Waals surface area contributed by atoms with Gasteiger partial charge in [0.2, 0.25) is 11.1 Å². The first-order valence-electron chi connectivity index (χ1n) is 8.83. The van der Waals surface area contributed by atoms with Gasteiger partial charge in [0.15, 0.2) is 0 Å². The van der Waals surface area contributed by atoms with Gasteiger partial charge in [-0.3, -0.25) is 4.79 Å². The molecule has 1 atom stereocenters. The lowest BCUT2D eigenvalue weighted by Gasteiger charge is -2.22. The summed E-state index contributed by atoms with van der Waals surface area (Å²) in [5.41, 5.74) is 2.87. The number of carbonyl (C=O) groups excluding carboxylic acids is 1. The number of nitrogens with zero attached hydrogens (tertiary/aromatic N) is 5. The topological polar surface area (TPSA) is 63.4 Å². The molecule has 1 saturated heterocycles. The molecule has 1 fully saturated rings. The number of aryl methyl sites for hydroxylation is 2. The van der Waals surface area contributed by atoms with Crippen LogP contribution >= 0.6 is 11.8 Å². The lowest BCUT2D eigenvalue weighted by molar-refractivity contribution is -0.129. The molecule has 3 aromatic rings. The van der Waals surface area contributed by atoms with Crippen molar-refractivity contribution in [1.29, 1.82) is 0 Å². The van der Waals surface area contributed by atoms with E-state index < -0.39 is 0 Å². The van der Waals surface area contributed by atoms with E-state index in [4.69, 9.17) is 0 Å². The molecular weight excluding hydrogens is 346 g/mol. The van der Waals surface area contributed by atoms with E-state index in [0.717, 1.165) is 42.9 Å². The van der Waals surface area contributed by atoms with Crippen LogP contribution in [0, 0.1) is 13.8 Å². The van der Waals surface area contributed by atoms with E-state index in [9.17, 15) is 4.79 Å². The van der Waals surface area contributed by atoms with E-state index in [0.29, 0.717) is 10.9 Å². The van der Waals surface area contributed by atoms with Crippen LogP contribution in [0.5, 0.6) is 0 Å². The molecule has 1 aromatic carbocycles. The number of hydrogen-bond donors (Lipinski definition) is 0. The molecule has 3 heterocycles. The fourth-order valence-corrected chi connectivity index (χ4v) is 4.31. The van der Waals surface area contributed by atoms with E-state index in [-0.39, 0.29) is 11.2 Å². The highest BCUT2D eigenvalue weighted by Crippen LogP contribution is 2.36. The van der Waals surface area contributed by atoms with Crippen molar-refractivity contribution in [2.24, 2.45) is 0 Å². The zero-order valence-corrected chi connectivity index (χ0v) is 15.7. The van der Waals surface area contributed by atoms with Crippen LogP contribution in [0.3, 0.4) is 0 Å². The smallest absolute Gasteiger partial charge is 0.253 e. The number of amides is 1. The fourth-order valence-electron chi connectivity index (χ4n) is 3.30. The Balaban J connectivity index is 1.68. The molecular formula is C19H21N5OS. The van der Waals surface area contributed by atoms with Gasteiger partial charge in [0.1, 0.15) is 5.25 Å². The van der Waals surface area contributed by atoms with Crippen molar-refractivity contribution in [3.8, 4) is 0 Å². The van der Waals surface area contributed by atoms with E-state index in [1.807, 2.05) is 55.1 Å². The maximum Gasteiger partial charge on any atom is 0.253 e. The summed E-state index contributed by atoms with van der Waals surface area (Å²) >= 11 is 1.40. The van der Waals surface area contributed by atoms with Crippen LogP contribution in [0.4, 0.5) is 0 Å². The first-order valence-corrected chi connectivity index (χ1v) is 9.71. The normalized spacial score (nSPS) is 15.5. The monoisotopic (exact) mass is 367 g/mol. The first kappa shape index (κ1) is 17.0. The molecule has 6 nitrogen and oxygen atoms in total. The predicted molar refractivity (Wildman–Crippen MR) is 101 cm³/mol. The van der Waals surface area contributed by atoms with Crippen LogP contribution in [0.15, 0.2) is 41.6 Å². The number of benzene rings is 1. The average Bonchev–Trinajstić information content (AvgIpc) is 3.29. The van der Waals surface area contributed by atoms with Crippen molar-refractivity contribution in [1.82, 2.24) is 24.5 Å². The molecule has 4 rings (SSSR count). The van der Waals surface area contributed by atoms with Crippen LogP contribution in [-0.2, 0) is 4.79 Å². The maximum absolute atomic E-state index is 13.1. The highest BCUT2D eigenvalue weighted by molar-refractivity contribution is 8.00. The van der Waals surface area contributed by atoms with Gasteiger partial charge in [0.05, 0.1) is 0 Å². The molecule has 0 saturated carbocycles. The molecule has 0 spiro atoms. The summed E-state index contributed by atoms with van der Waals surface area (Å²) in [5, 5.41) is 4.80. The number of rotatable bonds is 4. The minimum absolute atomic E-state index is 0.137. The highest BCUT2D eigenvalue weighted by atomic mass is 32.2. The molecule has 0 N–H and O–H groups in total. The molecule has 0 bridgehead atoms. The lowest BCUT2D eigenvalue weighted by atomic mass is 10.1. The number of thioether (sulfide) groups is 1.